The summed E-state index contributed by atoms with van der Waals surface area (Å²) in [6.45, 7) is 0. The maximum absolute atomic E-state index is 12.9. The number of rotatable bonds is 2. The van der Waals surface area contributed by atoms with Gasteiger partial charge < -0.3 is 16.2 Å². The zero-order chi connectivity index (χ0) is 14.0. The second kappa shape index (κ2) is 5.27. The summed E-state index contributed by atoms with van der Waals surface area (Å²) in [6, 6.07) is 8.11. The molecule has 0 fully saturated rings. The summed E-state index contributed by atoms with van der Waals surface area (Å²) < 4.78 is 13.4. The van der Waals surface area contributed by atoms with E-state index in [0.717, 1.165) is 6.07 Å². The standard InChI is InChI=1S/C13H10BrFN2O2/c14-9-3-1-7(5-12(9)18)13(19)17-11-4-2-8(15)6-10(11)16/h1-6,18H,16H2,(H,17,19). The topological polar surface area (TPSA) is 75.3 Å². The van der Waals surface area contributed by atoms with Crippen molar-refractivity contribution in [2.45, 2.75) is 0 Å². The minimum Gasteiger partial charge on any atom is -0.507 e. The number of benzene rings is 2. The molecule has 0 saturated carbocycles. The number of nitrogens with two attached hydrogens (primary N) is 1. The molecule has 0 heterocycles. The third kappa shape index (κ3) is 3.03. The van der Waals surface area contributed by atoms with Crippen LogP contribution in [0.25, 0.3) is 0 Å². The molecular weight excluding hydrogens is 315 g/mol. The van der Waals surface area contributed by atoms with E-state index in [1.54, 1.807) is 12.1 Å². The molecule has 2 aromatic carbocycles. The average molecular weight is 325 g/mol. The number of amides is 1. The first-order valence-electron chi connectivity index (χ1n) is 5.32. The van der Waals surface area contributed by atoms with Gasteiger partial charge in [0.05, 0.1) is 15.8 Å². The van der Waals surface area contributed by atoms with E-state index >= 15 is 0 Å². The lowest BCUT2D eigenvalue weighted by molar-refractivity contribution is 0.102. The molecule has 0 aliphatic rings. The van der Waals surface area contributed by atoms with Gasteiger partial charge in [0.25, 0.3) is 5.91 Å². The van der Waals surface area contributed by atoms with E-state index < -0.39 is 11.7 Å². The number of phenols is 1. The van der Waals surface area contributed by atoms with Crippen molar-refractivity contribution in [2.24, 2.45) is 0 Å². The van der Waals surface area contributed by atoms with Crippen molar-refractivity contribution in [2.75, 3.05) is 11.1 Å². The van der Waals surface area contributed by atoms with Crippen molar-refractivity contribution in [3.63, 3.8) is 0 Å². The van der Waals surface area contributed by atoms with Crippen LogP contribution in [0.15, 0.2) is 40.9 Å². The summed E-state index contributed by atoms with van der Waals surface area (Å²) in [6.07, 6.45) is 0. The normalized spacial score (nSPS) is 10.2. The lowest BCUT2D eigenvalue weighted by atomic mass is 10.2. The fourth-order valence-electron chi connectivity index (χ4n) is 1.50. The fourth-order valence-corrected chi connectivity index (χ4v) is 1.74. The number of halogens is 2. The molecule has 0 bridgehead atoms. The van der Waals surface area contributed by atoms with Crippen LogP contribution in [-0.4, -0.2) is 11.0 Å². The molecule has 0 spiro atoms. The Morgan fingerprint density at radius 2 is 2.00 bits per heavy atom. The van der Waals surface area contributed by atoms with Crippen LogP contribution in [0.5, 0.6) is 5.75 Å². The van der Waals surface area contributed by atoms with Crippen molar-refractivity contribution in [1.29, 1.82) is 0 Å². The molecule has 0 atom stereocenters. The number of carbonyl (C=O) groups excluding carboxylic acids is 1. The van der Waals surface area contributed by atoms with Crippen LogP contribution in [0.3, 0.4) is 0 Å². The van der Waals surface area contributed by atoms with E-state index in [1.165, 1.54) is 18.2 Å². The molecule has 2 aromatic rings. The van der Waals surface area contributed by atoms with Crippen molar-refractivity contribution < 1.29 is 14.3 Å². The summed E-state index contributed by atoms with van der Waals surface area (Å²) in [5, 5.41) is 12.0. The van der Waals surface area contributed by atoms with Crippen LogP contribution < -0.4 is 11.1 Å². The molecule has 4 N–H and O–H groups in total. The van der Waals surface area contributed by atoms with Gasteiger partial charge in [-0.3, -0.25) is 4.79 Å². The predicted octanol–water partition coefficient (Wildman–Crippen LogP) is 3.13. The Morgan fingerprint density at radius 3 is 2.63 bits per heavy atom. The molecule has 0 radical (unpaired) electrons. The minimum atomic E-state index is -0.475. The lowest BCUT2D eigenvalue weighted by Crippen LogP contribution is -2.13. The Morgan fingerprint density at radius 1 is 1.26 bits per heavy atom. The van der Waals surface area contributed by atoms with Crippen LogP contribution in [0, 0.1) is 5.82 Å². The molecule has 98 valence electrons. The molecule has 0 unspecified atom stereocenters. The highest BCUT2D eigenvalue weighted by molar-refractivity contribution is 9.10. The van der Waals surface area contributed by atoms with Gasteiger partial charge in [-0.15, -0.1) is 0 Å². The zero-order valence-electron chi connectivity index (χ0n) is 9.65. The van der Waals surface area contributed by atoms with Gasteiger partial charge in [0.2, 0.25) is 0 Å². The van der Waals surface area contributed by atoms with Gasteiger partial charge in [-0.25, -0.2) is 4.39 Å². The van der Waals surface area contributed by atoms with E-state index in [0.29, 0.717) is 10.2 Å². The highest BCUT2D eigenvalue weighted by Crippen LogP contribution is 2.25. The van der Waals surface area contributed by atoms with E-state index in [2.05, 4.69) is 21.2 Å². The lowest BCUT2D eigenvalue weighted by Gasteiger charge is -2.08. The largest absolute Gasteiger partial charge is 0.507 e. The summed E-state index contributed by atoms with van der Waals surface area (Å²) in [4.78, 5) is 11.9. The number of anilines is 2. The van der Waals surface area contributed by atoms with E-state index in [-0.39, 0.29) is 17.0 Å². The van der Waals surface area contributed by atoms with Gasteiger partial charge in [0.15, 0.2) is 0 Å². The molecular formula is C13H10BrFN2O2. The minimum absolute atomic E-state index is 0.0419. The van der Waals surface area contributed by atoms with E-state index in [4.69, 9.17) is 5.73 Å². The van der Waals surface area contributed by atoms with Crippen molar-refractivity contribution >= 4 is 33.2 Å². The first-order chi connectivity index (χ1) is 8.97. The number of aromatic hydroxyl groups is 1. The zero-order valence-corrected chi connectivity index (χ0v) is 11.2. The maximum atomic E-state index is 12.9. The molecule has 0 aromatic heterocycles. The number of carbonyl (C=O) groups is 1. The average Bonchev–Trinajstić information content (AvgIpc) is 2.36. The quantitative estimate of drug-likeness (QED) is 0.743. The molecule has 6 heteroatoms. The van der Waals surface area contributed by atoms with Gasteiger partial charge in [0, 0.05) is 5.56 Å². The molecule has 4 nitrogen and oxygen atoms in total. The van der Waals surface area contributed by atoms with Crippen LogP contribution in [-0.2, 0) is 0 Å². The van der Waals surface area contributed by atoms with Gasteiger partial charge >= 0.3 is 0 Å². The Hall–Kier alpha value is -2.08. The third-order valence-corrected chi connectivity index (χ3v) is 3.14. The van der Waals surface area contributed by atoms with Gasteiger partial charge in [-0.1, -0.05) is 0 Å². The second-order valence-corrected chi connectivity index (χ2v) is 4.71. The van der Waals surface area contributed by atoms with Gasteiger partial charge in [-0.05, 0) is 52.3 Å². The van der Waals surface area contributed by atoms with Crippen LogP contribution in [0.2, 0.25) is 0 Å². The maximum Gasteiger partial charge on any atom is 0.255 e. The molecule has 0 aliphatic heterocycles. The van der Waals surface area contributed by atoms with Gasteiger partial charge in [-0.2, -0.15) is 0 Å². The van der Waals surface area contributed by atoms with Crippen LogP contribution >= 0.6 is 15.9 Å². The van der Waals surface area contributed by atoms with Gasteiger partial charge in [0.1, 0.15) is 11.6 Å². The molecule has 1 amide bonds. The monoisotopic (exact) mass is 324 g/mol. The number of nitrogens with one attached hydrogen (secondary N) is 1. The molecule has 2 rings (SSSR count). The number of nitrogen functional groups attached to an aromatic ring is 1. The van der Waals surface area contributed by atoms with Crippen molar-refractivity contribution in [3.8, 4) is 5.75 Å². The first-order valence-corrected chi connectivity index (χ1v) is 6.11. The Labute approximate surface area is 117 Å². The summed E-state index contributed by atoms with van der Waals surface area (Å²) in [5.41, 5.74) is 6.31. The van der Waals surface area contributed by atoms with Crippen LogP contribution in [0.4, 0.5) is 15.8 Å². The smallest absolute Gasteiger partial charge is 0.255 e. The molecule has 0 saturated heterocycles. The number of hydrogen-bond acceptors (Lipinski definition) is 3. The summed E-state index contributed by atoms with van der Waals surface area (Å²) >= 11 is 3.12. The van der Waals surface area contributed by atoms with Crippen LogP contribution in [0.1, 0.15) is 10.4 Å². The fraction of sp³-hybridized carbons (Fsp3) is 0. The first kappa shape index (κ1) is 13.4. The Balaban J connectivity index is 2.23. The highest BCUT2D eigenvalue weighted by atomic mass is 79.9. The SMILES string of the molecule is Nc1cc(F)ccc1NC(=O)c1ccc(Br)c(O)c1. The number of hydrogen-bond donors (Lipinski definition) is 3. The predicted molar refractivity (Wildman–Crippen MR) is 74.6 cm³/mol. The van der Waals surface area contributed by atoms with Crippen molar-refractivity contribution in [3.05, 3.63) is 52.3 Å². The Kier molecular flexibility index (Phi) is 3.71. The third-order valence-electron chi connectivity index (χ3n) is 2.47. The van der Waals surface area contributed by atoms with E-state index in [1.807, 2.05) is 0 Å². The van der Waals surface area contributed by atoms with E-state index in [9.17, 15) is 14.3 Å². The molecule has 19 heavy (non-hydrogen) atoms. The summed E-state index contributed by atoms with van der Waals surface area (Å²) in [5.74, 6) is -0.961. The number of phenolic OH excluding ortho intramolecular Hbond substituents is 1. The highest BCUT2D eigenvalue weighted by Gasteiger charge is 2.10. The summed E-state index contributed by atoms with van der Waals surface area (Å²) in [7, 11) is 0. The second-order valence-electron chi connectivity index (χ2n) is 3.85. The Bertz CT molecular complexity index is 647. The molecule has 0 aliphatic carbocycles. The van der Waals surface area contributed by atoms with Crippen molar-refractivity contribution in [1.82, 2.24) is 0 Å².